The fraction of sp³-hybridized carbons (Fsp3) is 0.619. The molecular formula is C21H31N3O2. The van der Waals surface area contributed by atoms with E-state index >= 15 is 0 Å². The van der Waals surface area contributed by atoms with Crippen LogP contribution in [0.4, 0.5) is 5.69 Å². The largest absolute Gasteiger partial charge is 0.378 e. The van der Waals surface area contributed by atoms with Crippen molar-refractivity contribution in [2.45, 2.75) is 57.5 Å². The normalized spacial score (nSPS) is 22.0. The summed E-state index contributed by atoms with van der Waals surface area (Å²) in [6.07, 6.45) is 6.46. The standard InChI is InChI=1S/C21H31N3O2/c1-4-14-23-19(25)15-24(18-8-6-5-7-9-18)21(26)20(23)16-10-12-17(13-11-16)22(2)3/h10-13,18,20H,4-9,14-15H2,1-3H3. The molecule has 1 aliphatic heterocycles. The molecule has 0 aromatic heterocycles. The summed E-state index contributed by atoms with van der Waals surface area (Å²) in [6, 6.07) is 7.80. The fourth-order valence-electron chi connectivity index (χ4n) is 4.22. The Hall–Kier alpha value is -2.04. The molecule has 1 heterocycles. The minimum Gasteiger partial charge on any atom is -0.378 e. The van der Waals surface area contributed by atoms with Gasteiger partial charge in [-0.3, -0.25) is 9.59 Å². The highest BCUT2D eigenvalue weighted by Gasteiger charge is 2.42. The number of hydrogen-bond donors (Lipinski definition) is 0. The molecule has 1 atom stereocenters. The van der Waals surface area contributed by atoms with Crippen LogP contribution in [0.15, 0.2) is 24.3 Å². The van der Waals surface area contributed by atoms with Gasteiger partial charge in [-0.25, -0.2) is 0 Å². The first-order chi connectivity index (χ1) is 12.5. The predicted molar refractivity (Wildman–Crippen MR) is 104 cm³/mol. The van der Waals surface area contributed by atoms with Gasteiger partial charge in [0, 0.05) is 32.4 Å². The van der Waals surface area contributed by atoms with Gasteiger partial charge in [0.05, 0.1) is 0 Å². The van der Waals surface area contributed by atoms with E-state index < -0.39 is 6.04 Å². The first kappa shape index (κ1) is 18.7. The second-order valence-electron chi connectivity index (χ2n) is 7.73. The summed E-state index contributed by atoms with van der Waals surface area (Å²) >= 11 is 0. The van der Waals surface area contributed by atoms with Crippen molar-refractivity contribution in [1.82, 2.24) is 9.80 Å². The van der Waals surface area contributed by atoms with Crippen molar-refractivity contribution in [2.75, 3.05) is 32.1 Å². The van der Waals surface area contributed by atoms with Crippen molar-refractivity contribution in [3.05, 3.63) is 29.8 Å². The van der Waals surface area contributed by atoms with Gasteiger partial charge in [0.1, 0.15) is 12.6 Å². The van der Waals surface area contributed by atoms with Crippen LogP contribution in [-0.4, -0.2) is 54.8 Å². The molecule has 26 heavy (non-hydrogen) atoms. The van der Waals surface area contributed by atoms with Crippen molar-refractivity contribution in [2.24, 2.45) is 0 Å². The summed E-state index contributed by atoms with van der Waals surface area (Å²) < 4.78 is 0. The maximum Gasteiger partial charge on any atom is 0.250 e. The minimum atomic E-state index is -0.477. The predicted octanol–water partition coefficient (Wildman–Crippen LogP) is 3.21. The van der Waals surface area contributed by atoms with Crippen molar-refractivity contribution in [1.29, 1.82) is 0 Å². The maximum atomic E-state index is 13.4. The SMILES string of the molecule is CCCN1C(=O)CN(C2CCCCC2)C(=O)C1c1ccc(N(C)C)cc1. The van der Waals surface area contributed by atoms with Crippen molar-refractivity contribution < 1.29 is 9.59 Å². The van der Waals surface area contributed by atoms with Gasteiger partial charge in [0.15, 0.2) is 0 Å². The highest BCUT2D eigenvalue weighted by molar-refractivity contribution is 5.95. The molecular weight excluding hydrogens is 326 g/mol. The third kappa shape index (κ3) is 3.71. The van der Waals surface area contributed by atoms with Gasteiger partial charge in [-0.15, -0.1) is 0 Å². The lowest BCUT2D eigenvalue weighted by Crippen LogP contribution is -2.58. The summed E-state index contributed by atoms with van der Waals surface area (Å²) in [7, 11) is 4.00. The highest BCUT2D eigenvalue weighted by Crippen LogP contribution is 2.33. The van der Waals surface area contributed by atoms with Crippen molar-refractivity contribution >= 4 is 17.5 Å². The zero-order valence-electron chi connectivity index (χ0n) is 16.3. The van der Waals surface area contributed by atoms with Crippen LogP contribution in [0, 0.1) is 0 Å². The third-order valence-electron chi connectivity index (χ3n) is 5.66. The summed E-state index contributed by atoms with van der Waals surface area (Å²) in [5.41, 5.74) is 2.01. The molecule has 0 bridgehead atoms. The molecule has 5 heteroatoms. The van der Waals surface area contributed by atoms with Crippen LogP contribution in [0.25, 0.3) is 0 Å². The Morgan fingerprint density at radius 2 is 1.69 bits per heavy atom. The summed E-state index contributed by atoms with van der Waals surface area (Å²) in [5.74, 6) is 0.182. The van der Waals surface area contributed by atoms with E-state index in [1.165, 1.54) is 6.42 Å². The Morgan fingerprint density at radius 1 is 1.04 bits per heavy atom. The molecule has 0 N–H and O–H groups in total. The van der Waals surface area contributed by atoms with Gasteiger partial charge in [-0.1, -0.05) is 38.3 Å². The monoisotopic (exact) mass is 357 g/mol. The maximum absolute atomic E-state index is 13.4. The number of carbonyl (C=O) groups excluding carboxylic acids is 2. The highest BCUT2D eigenvalue weighted by atomic mass is 16.2. The molecule has 2 amide bonds. The molecule has 2 aliphatic rings. The van der Waals surface area contributed by atoms with E-state index in [2.05, 4.69) is 6.92 Å². The number of nitrogens with zero attached hydrogens (tertiary/aromatic N) is 3. The first-order valence-corrected chi connectivity index (χ1v) is 9.90. The lowest BCUT2D eigenvalue weighted by molar-refractivity contribution is -0.159. The Balaban J connectivity index is 1.90. The van der Waals surface area contributed by atoms with Gasteiger partial charge in [0.2, 0.25) is 5.91 Å². The molecule has 1 aromatic rings. The third-order valence-corrected chi connectivity index (χ3v) is 5.66. The Morgan fingerprint density at radius 3 is 2.27 bits per heavy atom. The van der Waals surface area contributed by atoms with Gasteiger partial charge in [0.25, 0.3) is 5.91 Å². The number of benzene rings is 1. The number of hydrogen-bond acceptors (Lipinski definition) is 3. The van der Waals surface area contributed by atoms with Crippen LogP contribution in [0.3, 0.4) is 0 Å². The summed E-state index contributed by atoms with van der Waals surface area (Å²) in [4.78, 5) is 32.0. The fourth-order valence-corrected chi connectivity index (χ4v) is 4.22. The first-order valence-electron chi connectivity index (χ1n) is 9.90. The molecule has 0 spiro atoms. The van der Waals surface area contributed by atoms with Crippen LogP contribution in [0.5, 0.6) is 0 Å². The average molecular weight is 357 g/mol. The van der Waals surface area contributed by atoms with Crippen LogP contribution in [-0.2, 0) is 9.59 Å². The minimum absolute atomic E-state index is 0.0821. The van der Waals surface area contributed by atoms with E-state index in [4.69, 9.17) is 0 Å². The van der Waals surface area contributed by atoms with Gasteiger partial charge >= 0.3 is 0 Å². The van der Waals surface area contributed by atoms with Crippen molar-refractivity contribution in [3.63, 3.8) is 0 Å². The summed E-state index contributed by atoms with van der Waals surface area (Å²) in [6.45, 7) is 2.93. The number of rotatable bonds is 5. The molecule has 142 valence electrons. The molecule has 1 saturated carbocycles. The van der Waals surface area contributed by atoms with E-state index in [0.717, 1.165) is 43.4 Å². The zero-order chi connectivity index (χ0) is 18.7. The molecule has 1 unspecified atom stereocenters. The second kappa shape index (κ2) is 8.11. The smallest absolute Gasteiger partial charge is 0.250 e. The molecule has 1 aromatic carbocycles. The molecule has 0 radical (unpaired) electrons. The second-order valence-corrected chi connectivity index (χ2v) is 7.73. The number of carbonyl (C=O) groups is 2. The molecule has 5 nitrogen and oxygen atoms in total. The number of anilines is 1. The molecule has 2 fully saturated rings. The Kier molecular flexibility index (Phi) is 5.84. The van der Waals surface area contributed by atoms with Crippen molar-refractivity contribution in [3.8, 4) is 0 Å². The van der Waals surface area contributed by atoms with E-state index in [1.54, 1.807) is 4.90 Å². The van der Waals surface area contributed by atoms with Crippen LogP contribution in [0.1, 0.15) is 57.1 Å². The number of piperazine rings is 1. The molecule has 1 aliphatic carbocycles. The zero-order valence-corrected chi connectivity index (χ0v) is 16.3. The Bertz CT molecular complexity index is 635. The van der Waals surface area contributed by atoms with E-state index in [0.29, 0.717) is 6.54 Å². The van der Waals surface area contributed by atoms with Gasteiger partial charge < -0.3 is 14.7 Å². The van der Waals surface area contributed by atoms with Gasteiger partial charge in [-0.2, -0.15) is 0 Å². The lowest BCUT2D eigenvalue weighted by Gasteiger charge is -2.44. The quantitative estimate of drug-likeness (QED) is 0.813. The average Bonchev–Trinajstić information content (AvgIpc) is 2.65. The summed E-state index contributed by atoms with van der Waals surface area (Å²) in [5, 5.41) is 0. The van der Waals surface area contributed by atoms with E-state index in [1.807, 2.05) is 48.2 Å². The van der Waals surface area contributed by atoms with Gasteiger partial charge in [-0.05, 0) is 37.0 Å². The topological polar surface area (TPSA) is 43.9 Å². The van der Waals surface area contributed by atoms with Crippen LogP contribution >= 0.6 is 0 Å². The number of amides is 2. The lowest BCUT2D eigenvalue weighted by atomic mass is 9.91. The molecule has 1 saturated heterocycles. The molecule has 3 rings (SSSR count). The van der Waals surface area contributed by atoms with Crippen LogP contribution in [0.2, 0.25) is 0 Å². The van der Waals surface area contributed by atoms with E-state index in [9.17, 15) is 9.59 Å². The Labute approximate surface area is 156 Å². The van der Waals surface area contributed by atoms with Crippen LogP contribution < -0.4 is 4.90 Å². The van der Waals surface area contributed by atoms with E-state index in [-0.39, 0.29) is 24.4 Å².